The summed E-state index contributed by atoms with van der Waals surface area (Å²) in [5, 5.41) is 1.79. The Kier molecular flexibility index (Phi) is 7.53. The van der Waals surface area contributed by atoms with Crippen LogP contribution in [0.3, 0.4) is 0 Å². The Hall–Kier alpha value is -0.960. The summed E-state index contributed by atoms with van der Waals surface area (Å²) in [7, 11) is -3.46. The summed E-state index contributed by atoms with van der Waals surface area (Å²) in [5.41, 5.74) is 0. The SMILES string of the molecule is CC(C)C(=O)N(CCCN1CCCC1)C1CCCN(S(=O)(=O)c2cccs2)C1. The number of piperidine rings is 1. The van der Waals surface area contributed by atoms with Crippen molar-refractivity contribution in [1.82, 2.24) is 14.1 Å². The maximum absolute atomic E-state index is 12.9. The van der Waals surface area contributed by atoms with Crippen LogP contribution < -0.4 is 0 Å². The lowest BCUT2D eigenvalue weighted by Crippen LogP contribution is -2.53. The highest BCUT2D eigenvalue weighted by Crippen LogP contribution is 2.26. The Morgan fingerprint density at radius 1 is 1.25 bits per heavy atom. The van der Waals surface area contributed by atoms with E-state index in [-0.39, 0.29) is 17.9 Å². The van der Waals surface area contributed by atoms with Gasteiger partial charge in [0.25, 0.3) is 10.0 Å². The van der Waals surface area contributed by atoms with Crippen LogP contribution in [-0.2, 0) is 14.8 Å². The molecule has 2 aliphatic heterocycles. The molecule has 0 aromatic carbocycles. The number of amides is 1. The molecule has 2 aliphatic rings. The van der Waals surface area contributed by atoms with Gasteiger partial charge in [0, 0.05) is 31.6 Å². The third kappa shape index (κ3) is 5.14. The van der Waals surface area contributed by atoms with Gasteiger partial charge in [-0.2, -0.15) is 4.31 Å². The molecular formula is C20H33N3O3S2. The molecule has 28 heavy (non-hydrogen) atoms. The van der Waals surface area contributed by atoms with E-state index in [2.05, 4.69) is 4.90 Å². The molecule has 0 bridgehead atoms. The van der Waals surface area contributed by atoms with Gasteiger partial charge in [-0.1, -0.05) is 19.9 Å². The zero-order valence-corrected chi connectivity index (χ0v) is 18.7. The van der Waals surface area contributed by atoms with Crippen LogP contribution in [0.1, 0.15) is 46.0 Å². The average Bonchev–Trinajstić information content (AvgIpc) is 3.39. The van der Waals surface area contributed by atoms with Gasteiger partial charge in [0.2, 0.25) is 5.91 Å². The van der Waals surface area contributed by atoms with Gasteiger partial charge in [0.05, 0.1) is 0 Å². The second kappa shape index (κ2) is 9.69. The Morgan fingerprint density at radius 3 is 2.64 bits per heavy atom. The summed E-state index contributed by atoms with van der Waals surface area (Å²) in [6, 6.07) is 3.40. The molecule has 0 spiro atoms. The number of nitrogens with zero attached hydrogens (tertiary/aromatic N) is 3. The molecule has 8 heteroatoms. The molecule has 1 unspecified atom stereocenters. The van der Waals surface area contributed by atoms with Crippen molar-refractivity contribution in [2.75, 3.05) is 39.3 Å². The predicted molar refractivity (Wildman–Crippen MR) is 113 cm³/mol. The second-order valence-corrected chi connectivity index (χ2v) is 11.3. The molecule has 0 radical (unpaired) electrons. The first-order chi connectivity index (χ1) is 13.4. The van der Waals surface area contributed by atoms with Crippen molar-refractivity contribution in [2.45, 2.75) is 56.2 Å². The smallest absolute Gasteiger partial charge is 0.252 e. The number of hydrogen-bond donors (Lipinski definition) is 0. The largest absolute Gasteiger partial charge is 0.338 e. The minimum absolute atomic E-state index is 0.0306. The van der Waals surface area contributed by atoms with Crippen molar-refractivity contribution in [3.8, 4) is 0 Å². The van der Waals surface area contributed by atoms with Gasteiger partial charge in [-0.15, -0.1) is 11.3 Å². The van der Waals surface area contributed by atoms with Gasteiger partial charge in [-0.05, 0) is 63.2 Å². The second-order valence-electron chi connectivity index (χ2n) is 8.18. The quantitative estimate of drug-likeness (QED) is 0.640. The Morgan fingerprint density at radius 2 is 2.00 bits per heavy atom. The fourth-order valence-corrected chi connectivity index (χ4v) is 6.87. The molecule has 2 saturated heterocycles. The predicted octanol–water partition coefficient (Wildman–Crippen LogP) is 2.87. The van der Waals surface area contributed by atoms with E-state index < -0.39 is 10.0 Å². The molecule has 0 N–H and O–H groups in total. The number of rotatable bonds is 8. The van der Waals surface area contributed by atoms with E-state index in [1.807, 2.05) is 18.7 Å². The zero-order chi connectivity index (χ0) is 20.1. The number of sulfonamides is 1. The molecule has 3 rings (SSSR count). The fourth-order valence-electron chi connectivity index (χ4n) is 4.21. The van der Waals surface area contributed by atoms with Crippen molar-refractivity contribution in [2.24, 2.45) is 5.92 Å². The summed E-state index contributed by atoms with van der Waals surface area (Å²) in [4.78, 5) is 17.3. The highest BCUT2D eigenvalue weighted by molar-refractivity contribution is 7.91. The molecule has 0 saturated carbocycles. The topological polar surface area (TPSA) is 60.9 Å². The van der Waals surface area contributed by atoms with Crippen LogP contribution in [0.15, 0.2) is 21.7 Å². The maximum atomic E-state index is 12.9. The summed E-state index contributed by atoms with van der Waals surface area (Å²) in [6.07, 6.45) is 5.16. The van der Waals surface area contributed by atoms with Crippen molar-refractivity contribution in [1.29, 1.82) is 0 Å². The third-order valence-electron chi connectivity index (χ3n) is 5.74. The van der Waals surface area contributed by atoms with Gasteiger partial charge in [-0.25, -0.2) is 8.42 Å². The van der Waals surface area contributed by atoms with Crippen molar-refractivity contribution in [3.63, 3.8) is 0 Å². The van der Waals surface area contributed by atoms with Crippen LogP contribution in [-0.4, -0.2) is 73.7 Å². The van der Waals surface area contributed by atoms with Crippen LogP contribution >= 0.6 is 11.3 Å². The Labute approximate surface area is 173 Å². The normalized spacial score (nSPS) is 22.0. The molecule has 2 fully saturated rings. The molecule has 158 valence electrons. The first kappa shape index (κ1) is 21.7. The molecule has 1 aromatic rings. The Balaban J connectivity index is 1.67. The van der Waals surface area contributed by atoms with E-state index in [0.717, 1.165) is 38.9 Å². The van der Waals surface area contributed by atoms with E-state index in [4.69, 9.17) is 0 Å². The van der Waals surface area contributed by atoms with Crippen LogP contribution in [0, 0.1) is 5.92 Å². The first-order valence-corrected chi connectivity index (χ1v) is 12.8. The zero-order valence-electron chi connectivity index (χ0n) is 17.0. The minimum Gasteiger partial charge on any atom is -0.338 e. The molecule has 6 nitrogen and oxygen atoms in total. The number of hydrogen-bond acceptors (Lipinski definition) is 5. The maximum Gasteiger partial charge on any atom is 0.252 e. The van der Waals surface area contributed by atoms with Crippen LogP contribution in [0.4, 0.5) is 0 Å². The van der Waals surface area contributed by atoms with Crippen molar-refractivity contribution in [3.05, 3.63) is 17.5 Å². The molecule has 3 heterocycles. The molecule has 0 aliphatic carbocycles. The highest BCUT2D eigenvalue weighted by atomic mass is 32.2. The summed E-state index contributed by atoms with van der Waals surface area (Å²) < 4.78 is 27.8. The molecular weight excluding hydrogens is 394 g/mol. The average molecular weight is 428 g/mol. The number of carbonyl (C=O) groups excluding carboxylic acids is 1. The van der Waals surface area contributed by atoms with Gasteiger partial charge >= 0.3 is 0 Å². The molecule has 1 amide bonds. The van der Waals surface area contributed by atoms with E-state index in [0.29, 0.717) is 23.8 Å². The minimum atomic E-state index is -3.46. The van der Waals surface area contributed by atoms with Crippen molar-refractivity contribution >= 4 is 27.3 Å². The Bertz CT molecular complexity index is 728. The first-order valence-electron chi connectivity index (χ1n) is 10.5. The van der Waals surface area contributed by atoms with E-state index in [9.17, 15) is 13.2 Å². The monoisotopic (exact) mass is 427 g/mol. The van der Waals surface area contributed by atoms with Gasteiger partial charge in [0.1, 0.15) is 4.21 Å². The lowest BCUT2D eigenvalue weighted by Gasteiger charge is -2.39. The number of carbonyl (C=O) groups is 1. The number of thiophene rings is 1. The van der Waals surface area contributed by atoms with Crippen LogP contribution in [0.2, 0.25) is 0 Å². The van der Waals surface area contributed by atoms with Crippen LogP contribution in [0.5, 0.6) is 0 Å². The highest BCUT2D eigenvalue weighted by Gasteiger charge is 2.35. The standard InChI is InChI=1S/C20H33N3O3S2/c1-17(2)20(24)23(14-7-12-21-10-3-4-11-21)18-8-5-13-22(16-18)28(25,26)19-9-6-15-27-19/h6,9,15,17-18H,3-5,7-8,10-14,16H2,1-2H3. The van der Waals surface area contributed by atoms with Crippen molar-refractivity contribution < 1.29 is 13.2 Å². The van der Waals surface area contributed by atoms with Crippen LogP contribution in [0.25, 0.3) is 0 Å². The lowest BCUT2D eigenvalue weighted by molar-refractivity contribution is -0.137. The van der Waals surface area contributed by atoms with E-state index in [1.54, 1.807) is 21.8 Å². The van der Waals surface area contributed by atoms with Gasteiger partial charge < -0.3 is 9.80 Å². The van der Waals surface area contributed by atoms with E-state index >= 15 is 0 Å². The molecule has 1 atom stereocenters. The summed E-state index contributed by atoms with van der Waals surface area (Å²) >= 11 is 1.26. The van der Waals surface area contributed by atoms with Gasteiger partial charge in [-0.3, -0.25) is 4.79 Å². The lowest BCUT2D eigenvalue weighted by atomic mass is 10.0. The number of likely N-dealkylation sites (tertiary alicyclic amines) is 1. The summed E-state index contributed by atoms with van der Waals surface area (Å²) in [5.74, 6) is 0.0675. The third-order valence-corrected chi connectivity index (χ3v) is 8.98. The summed E-state index contributed by atoms with van der Waals surface area (Å²) in [6.45, 7) is 8.86. The van der Waals surface area contributed by atoms with Gasteiger partial charge in [0.15, 0.2) is 0 Å². The fraction of sp³-hybridized carbons (Fsp3) is 0.750. The molecule has 1 aromatic heterocycles. The van der Waals surface area contributed by atoms with E-state index in [1.165, 1.54) is 24.2 Å².